The maximum absolute atomic E-state index is 13.7. The number of Topliss-reactive ketones (excluding diaryl/α,β-unsaturated/α-hetero) is 2. The molecule has 2 aliphatic carbocycles. The molecular weight excluding hydrogens is 382 g/mol. The van der Waals surface area contributed by atoms with Crippen LogP contribution in [-0.2, 0) is 14.4 Å². The van der Waals surface area contributed by atoms with Gasteiger partial charge in [0.15, 0.2) is 5.78 Å². The lowest BCUT2D eigenvalue weighted by molar-refractivity contribution is -0.145. The molecule has 0 aromatic heterocycles. The predicted molar refractivity (Wildman–Crippen MR) is 113 cm³/mol. The van der Waals surface area contributed by atoms with Gasteiger partial charge in [0, 0.05) is 30.7 Å². The van der Waals surface area contributed by atoms with Gasteiger partial charge in [-0.2, -0.15) is 0 Å². The summed E-state index contributed by atoms with van der Waals surface area (Å²) in [5.74, 6) is -1.23. The Morgan fingerprint density at radius 3 is 2.50 bits per heavy atom. The highest BCUT2D eigenvalue weighted by Crippen LogP contribution is 2.55. The van der Waals surface area contributed by atoms with Gasteiger partial charge in [0.05, 0.1) is 6.61 Å². The lowest BCUT2D eigenvalue weighted by Gasteiger charge is -2.45. The smallest absolute Gasteiger partial charge is 0.235 e. The van der Waals surface area contributed by atoms with E-state index < -0.39 is 17.4 Å². The SMILES string of the molecule is C/C1=C\[C@H]2C=C(CO)[C@@H](C)[C@H]3[C@H](CC(C)C)NC(=O)[C@]32C(=O)CC[C@H](O)C(=O)CC1. The molecule has 0 unspecified atom stereocenters. The minimum atomic E-state index is -1.26. The number of hydrogen-bond donors (Lipinski definition) is 3. The lowest BCUT2D eigenvalue weighted by atomic mass is 9.54. The van der Waals surface area contributed by atoms with Gasteiger partial charge in [-0.05, 0) is 43.6 Å². The summed E-state index contributed by atoms with van der Waals surface area (Å²) in [6.45, 7) is 7.97. The largest absolute Gasteiger partial charge is 0.392 e. The number of aliphatic hydroxyl groups is 2. The molecule has 0 aromatic carbocycles. The molecule has 1 fully saturated rings. The van der Waals surface area contributed by atoms with Gasteiger partial charge < -0.3 is 15.5 Å². The van der Waals surface area contributed by atoms with Gasteiger partial charge in [0.2, 0.25) is 5.91 Å². The fraction of sp³-hybridized carbons (Fsp3) is 0.708. The maximum Gasteiger partial charge on any atom is 0.235 e. The van der Waals surface area contributed by atoms with Gasteiger partial charge in [0.1, 0.15) is 17.3 Å². The van der Waals surface area contributed by atoms with Gasteiger partial charge >= 0.3 is 0 Å². The average Bonchev–Trinajstić information content (AvgIpc) is 2.97. The molecule has 0 saturated carbocycles. The lowest BCUT2D eigenvalue weighted by Crippen LogP contribution is -2.53. The Kier molecular flexibility index (Phi) is 6.68. The molecule has 6 nitrogen and oxygen atoms in total. The number of carbonyl (C=O) groups is 3. The summed E-state index contributed by atoms with van der Waals surface area (Å²) in [5.41, 5.74) is 0.511. The highest BCUT2D eigenvalue weighted by atomic mass is 16.3. The second kappa shape index (κ2) is 8.75. The molecule has 6 heteroatoms. The predicted octanol–water partition coefficient (Wildman–Crippen LogP) is 2.34. The maximum atomic E-state index is 13.7. The number of allylic oxidation sites excluding steroid dienone is 3. The summed E-state index contributed by atoms with van der Waals surface area (Å²) < 4.78 is 0. The molecule has 1 spiro atoms. The van der Waals surface area contributed by atoms with Crippen LogP contribution in [0.25, 0.3) is 0 Å². The van der Waals surface area contributed by atoms with Crippen LogP contribution in [0.4, 0.5) is 0 Å². The number of carbonyl (C=O) groups excluding carboxylic acids is 3. The molecule has 1 saturated heterocycles. The van der Waals surface area contributed by atoms with Crippen molar-refractivity contribution in [2.45, 2.75) is 71.9 Å². The zero-order valence-electron chi connectivity index (χ0n) is 18.5. The van der Waals surface area contributed by atoms with Crippen LogP contribution in [0.3, 0.4) is 0 Å². The highest BCUT2D eigenvalue weighted by Gasteiger charge is 2.65. The normalized spacial score (nSPS) is 39.4. The van der Waals surface area contributed by atoms with E-state index in [0.29, 0.717) is 12.3 Å². The fourth-order valence-electron chi connectivity index (χ4n) is 5.81. The molecule has 3 N–H and O–H groups in total. The molecule has 0 bridgehead atoms. The van der Waals surface area contributed by atoms with Crippen molar-refractivity contribution in [2.24, 2.45) is 29.1 Å². The third-order valence-corrected chi connectivity index (χ3v) is 7.31. The Morgan fingerprint density at radius 1 is 1.17 bits per heavy atom. The van der Waals surface area contributed by atoms with Gasteiger partial charge in [0.25, 0.3) is 0 Å². The topological polar surface area (TPSA) is 104 Å². The van der Waals surface area contributed by atoms with Crippen molar-refractivity contribution < 1.29 is 24.6 Å². The molecule has 30 heavy (non-hydrogen) atoms. The van der Waals surface area contributed by atoms with E-state index in [0.717, 1.165) is 17.6 Å². The van der Waals surface area contributed by atoms with Crippen molar-refractivity contribution in [3.05, 3.63) is 23.3 Å². The summed E-state index contributed by atoms with van der Waals surface area (Å²) in [6, 6.07) is -0.153. The zero-order valence-corrected chi connectivity index (χ0v) is 18.5. The van der Waals surface area contributed by atoms with Crippen LogP contribution >= 0.6 is 0 Å². The van der Waals surface area contributed by atoms with E-state index in [2.05, 4.69) is 19.2 Å². The Hall–Kier alpha value is -1.79. The summed E-state index contributed by atoms with van der Waals surface area (Å²) in [5, 5.41) is 23.4. The van der Waals surface area contributed by atoms with Crippen LogP contribution in [0.5, 0.6) is 0 Å². The van der Waals surface area contributed by atoms with Crippen molar-refractivity contribution >= 4 is 17.5 Å². The molecule has 1 amide bonds. The Bertz CT molecular complexity index is 782. The monoisotopic (exact) mass is 417 g/mol. The van der Waals surface area contributed by atoms with Crippen LogP contribution in [0, 0.1) is 29.1 Å². The van der Waals surface area contributed by atoms with Gasteiger partial charge in [-0.3, -0.25) is 14.4 Å². The summed E-state index contributed by atoms with van der Waals surface area (Å²) >= 11 is 0. The average molecular weight is 418 g/mol. The molecule has 1 heterocycles. The van der Waals surface area contributed by atoms with Crippen LogP contribution in [-0.4, -0.2) is 46.4 Å². The van der Waals surface area contributed by atoms with Gasteiger partial charge in [-0.15, -0.1) is 0 Å². The Balaban J connectivity index is 2.18. The Morgan fingerprint density at radius 2 is 1.87 bits per heavy atom. The van der Waals surface area contributed by atoms with Crippen molar-refractivity contribution in [1.29, 1.82) is 0 Å². The van der Waals surface area contributed by atoms with E-state index >= 15 is 0 Å². The number of nitrogens with one attached hydrogen (secondary N) is 1. The molecule has 3 rings (SSSR count). The third-order valence-electron chi connectivity index (χ3n) is 7.31. The van der Waals surface area contributed by atoms with Crippen molar-refractivity contribution in [3.63, 3.8) is 0 Å². The summed E-state index contributed by atoms with van der Waals surface area (Å²) in [4.78, 5) is 39.5. The summed E-state index contributed by atoms with van der Waals surface area (Å²) in [6.07, 6.45) is 4.16. The molecule has 166 valence electrons. The molecule has 1 aliphatic heterocycles. The number of amides is 1. The first-order valence-corrected chi connectivity index (χ1v) is 11.2. The van der Waals surface area contributed by atoms with E-state index in [1.54, 1.807) is 0 Å². The van der Waals surface area contributed by atoms with E-state index in [-0.39, 0.29) is 61.2 Å². The number of hydrogen-bond acceptors (Lipinski definition) is 5. The second-order valence-corrected chi connectivity index (χ2v) is 9.78. The molecule has 0 radical (unpaired) electrons. The standard InChI is InChI=1S/C24H35NO5/c1-13(2)9-18-22-15(4)16(12-26)11-17-10-14(3)5-6-19(27)20(28)7-8-21(29)24(17,22)23(30)25-18/h10-11,13,15,17-18,20,22,26,28H,5-9,12H2,1-4H3,(H,25,30)/b14-10+/t15-,17+,18+,20+,22+,24-/m1/s1. The van der Waals surface area contributed by atoms with E-state index in [1.165, 1.54) is 0 Å². The van der Waals surface area contributed by atoms with Crippen LogP contribution < -0.4 is 5.32 Å². The second-order valence-electron chi connectivity index (χ2n) is 9.78. The molecule has 3 aliphatic rings. The minimum Gasteiger partial charge on any atom is -0.392 e. The van der Waals surface area contributed by atoms with E-state index in [4.69, 9.17) is 0 Å². The van der Waals surface area contributed by atoms with E-state index in [1.807, 2.05) is 26.0 Å². The van der Waals surface area contributed by atoms with Gasteiger partial charge in [-0.1, -0.05) is 38.5 Å². The number of rotatable bonds is 3. The van der Waals surface area contributed by atoms with Crippen molar-refractivity contribution in [1.82, 2.24) is 5.32 Å². The van der Waals surface area contributed by atoms with Crippen molar-refractivity contribution in [2.75, 3.05) is 6.61 Å². The first kappa shape index (κ1) is 22.9. The van der Waals surface area contributed by atoms with Crippen molar-refractivity contribution in [3.8, 4) is 0 Å². The quantitative estimate of drug-likeness (QED) is 0.483. The third kappa shape index (κ3) is 3.80. The van der Waals surface area contributed by atoms with Crippen LogP contribution in [0.2, 0.25) is 0 Å². The molecule has 0 aromatic rings. The van der Waals surface area contributed by atoms with Gasteiger partial charge in [-0.25, -0.2) is 0 Å². The zero-order chi connectivity index (χ0) is 22.2. The highest BCUT2D eigenvalue weighted by molar-refractivity contribution is 6.09. The number of ketones is 2. The number of aliphatic hydroxyl groups excluding tert-OH is 2. The Labute approximate surface area is 178 Å². The fourth-order valence-corrected chi connectivity index (χ4v) is 5.81. The summed E-state index contributed by atoms with van der Waals surface area (Å²) in [7, 11) is 0. The van der Waals surface area contributed by atoms with E-state index in [9.17, 15) is 24.6 Å². The first-order chi connectivity index (χ1) is 14.1. The van der Waals surface area contributed by atoms with Crippen LogP contribution in [0.1, 0.15) is 59.8 Å². The van der Waals surface area contributed by atoms with Crippen LogP contribution in [0.15, 0.2) is 23.3 Å². The molecule has 6 atom stereocenters. The minimum absolute atomic E-state index is 0.0103. The first-order valence-electron chi connectivity index (χ1n) is 11.2. The molecular formula is C24H35NO5.